The number of allylic oxidation sites excluding steroid dienone is 3. The zero-order valence-corrected chi connectivity index (χ0v) is 56.9. The molecule has 0 bridgehead atoms. The summed E-state index contributed by atoms with van der Waals surface area (Å²) in [6.45, 7) is 35.2. The standard InChI is InChI=1S/C22H20N2S.C16H18N2.C14H17N3.C13H18N2.C12H17N3/c1-14-12-22-17(16-8-4-7-11-21(16)25-22)13-20(14)24-15(2)23(3)18-9-5-6-10-19(18)24;1-12-8-4-5-9-14(12)18-13(2)17(3)15-10-6-7-11-16(15)18;1-10-8-13(15-4)6-7-14(10)17-9-11(2)16(5)12(17)3;1-10-7-5-6-8-13(10)15-9-11(2)14(4)12(15)3;1-9-7-13-6-5-12(9)15-8-10(2)14(4)11(15)3/h4-13,15H,1-3H3;4-11,13H,1-3H3;6-9,12H,1-3,5H3;5-9,12H,1-4H3;5-8,11H,1-4H3. The Labute approximate surface area is 540 Å². The zero-order chi connectivity index (χ0) is 64.4. The van der Waals surface area contributed by atoms with Crippen LogP contribution in [0, 0.1) is 41.2 Å². The van der Waals surface area contributed by atoms with Gasteiger partial charge in [-0.25, -0.2) is 4.85 Å². The molecule has 5 aliphatic rings. The molecule has 0 radical (unpaired) electrons. The van der Waals surface area contributed by atoms with Crippen LogP contribution < -0.4 is 34.3 Å². The van der Waals surface area contributed by atoms with Gasteiger partial charge in [0, 0.05) is 132 Å². The van der Waals surface area contributed by atoms with Gasteiger partial charge in [-0.15, -0.1) is 11.3 Å². The van der Waals surface area contributed by atoms with E-state index in [1.54, 1.807) is 0 Å². The van der Waals surface area contributed by atoms with E-state index in [1.165, 1.54) is 111 Å². The molecule has 0 spiro atoms. The van der Waals surface area contributed by atoms with Crippen molar-refractivity contribution < 1.29 is 0 Å². The third-order valence-electron chi connectivity index (χ3n) is 19.0. The average molecular weight is 1220 g/mol. The Balaban J connectivity index is 0.000000126. The minimum Gasteiger partial charge on any atom is -0.357 e. The normalized spacial score (nSPS) is 18.9. The number of anilines is 9. The van der Waals surface area contributed by atoms with Crippen LogP contribution in [-0.4, -0.2) is 85.8 Å². The van der Waals surface area contributed by atoms with Gasteiger partial charge in [0.1, 0.15) is 30.8 Å². The number of para-hydroxylation sites is 6. The highest BCUT2D eigenvalue weighted by Crippen LogP contribution is 2.47. The number of fused-ring (bicyclic) bond motifs is 5. The molecule has 5 unspecified atom stereocenters. The lowest BCUT2D eigenvalue weighted by atomic mass is 10.1. The van der Waals surface area contributed by atoms with Crippen LogP contribution in [0.2, 0.25) is 0 Å². The lowest BCUT2D eigenvalue weighted by molar-refractivity contribution is 0.357. The molecule has 90 heavy (non-hydrogen) atoms. The number of aromatic nitrogens is 1. The lowest BCUT2D eigenvalue weighted by Gasteiger charge is -2.29. The van der Waals surface area contributed by atoms with Crippen molar-refractivity contribution in [1.82, 2.24) is 19.7 Å². The summed E-state index contributed by atoms with van der Waals surface area (Å²) in [5, 5.41) is 2.72. The Kier molecular flexibility index (Phi) is 18.9. The first-order valence-electron chi connectivity index (χ1n) is 31.3. The first-order chi connectivity index (χ1) is 43.1. The fraction of sp³-hybridized carbons (Fsp3) is 0.299. The van der Waals surface area contributed by atoms with Crippen LogP contribution in [0.15, 0.2) is 206 Å². The molecule has 13 heteroatoms. The van der Waals surface area contributed by atoms with Gasteiger partial charge in [-0.3, -0.25) is 4.98 Å². The fourth-order valence-electron chi connectivity index (χ4n) is 12.8. The molecule has 0 saturated heterocycles. The van der Waals surface area contributed by atoms with Gasteiger partial charge in [-0.05, 0) is 185 Å². The molecule has 0 fully saturated rings. The third kappa shape index (κ3) is 12.4. The SMILES string of the molecule is CC1=CN(c2ccccc2C)C(C)N1C.CC1=CN(c2ccncc2C)C(C)N1C.Cc1cc2sc3ccccc3c2cc1N1c2ccccc2N(C)C1C.Cc1ccccc1N1c2ccccc2N(C)C1C.[C-]#[N+]c1ccc(N2C=C(C)N(C)C2C)c(C)c1. The number of rotatable bonds is 5. The van der Waals surface area contributed by atoms with Crippen molar-refractivity contribution in [3.63, 3.8) is 0 Å². The Morgan fingerprint density at radius 3 is 1.22 bits per heavy atom. The molecule has 464 valence electrons. The molecule has 14 rings (SSSR count). The van der Waals surface area contributed by atoms with Gasteiger partial charge in [0.05, 0.1) is 29.3 Å². The lowest BCUT2D eigenvalue weighted by Crippen LogP contribution is -2.35. The van der Waals surface area contributed by atoms with E-state index in [1.807, 2.05) is 41.9 Å². The largest absolute Gasteiger partial charge is 0.357 e. The Morgan fingerprint density at radius 2 is 0.767 bits per heavy atom. The molecule has 0 aliphatic carbocycles. The molecule has 0 saturated carbocycles. The summed E-state index contributed by atoms with van der Waals surface area (Å²) in [6.07, 6.45) is 12.1. The summed E-state index contributed by atoms with van der Waals surface area (Å²) in [7, 11) is 10.7. The number of pyridine rings is 1. The number of benzene rings is 7. The molecule has 0 amide bonds. The monoisotopic (exact) mass is 1210 g/mol. The van der Waals surface area contributed by atoms with Gasteiger partial charge in [-0.1, -0.05) is 91.0 Å². The maximum Gasteiger partial charge on any atom is 0.187 e. The van der Waals surface area contributed by atoms with Crippen molar-refractivity contribution in [2.45, 2.75) is 121 Å². The predicted molar refractivity (Wildman–Crippen MR) is 386 cm³/mol. The number of nitrogens with zero attached hydrogens (tertiary/aromatic N) is 12. The number of hydrogen-bond acceptors (Lipinski definition) is 12. The molecule has 7 heterocycles. The van der Waals surface area contributed by atoms with E-state index in [-0.39, 0.29) is 0 Å². The molecule has 9 aromatic rings. The van der Waals surface area contributed by atoms with E-state index < -0.39 is 0 Å². The molecule has 0 N–H and O–H groups in total. The van der Waals surface area contributed by atoms with E-state index in [0.717, 1.165) is 5.56 Å². The fourth-order valence-corrected chi connectivity index (χ4v) is 14.0. The molecular formula is C77H90N12S. The summed E-state index contributed by atoms with van der Waals surface area (Å²) in [4.78, 5) is 30.8. The van der Waals surface area contributed by atoms with Crippen LogP contribution in [0.5, 0.6) is 0 Å². The van der Waals surface area contributed by atoms with Crippen LogP contribution >= 0.6 is 11.3 Å². The van der Waals surface area contributed by atoms with E-state index in [0.29, 0.717) is 36.5 Å². The summed E-state index contributed by atoms with van der Waals surface area (Å²) in [5.41, 5.74) is 22.4. The number of hydrogen-bond donors (Lipinski definition) is 0. The van der Waals surface area contributed by atoms with E-state index in [4.69, 9.17) is 6.57 Å². The smallest absolute Gasteiger partial charge is 0.187 e. The van der Waals surface area contributed by atoms with Crippen LogP contribution in [0.1, 0.15) is 83.2 Å². The Bertz CT molecular complexity index is 4120. The molecule has 12 nitrogen and oxygen atoms in total. The van der Waals surface area contributed by atoms with Gasteiger partial charge in [-0.2, -0.15) is 0 Å². The van der Waals surface area contributed by atoms with Crippen LogP contribution in [0.25, 0.3) is 25.0 Å². The second-order valence-electron chi connectivity index (χ2n) is 24.5. The van der Waals surface area contributed by atoms with Crippen molar-refractivity contribution in [1.29, 1.82) is 0 Å². The van der Waals surface area contributed by atoms with Crippen LogP contribution in [0.3, 0.4) is 0 Å². The van der Waals surface area contributed by atoms with Gasteiger partial charge >= 0.3 is 0 Å². The van der Waals surface area contributed by atoms with Crippen LogP contribution in [-0.2, 0) is 0 Å². The predicted octanol–water partition coefficient (Wildman–Crippen LogP) is 19.0. The highest BCUT2D eigenvalue weighted by molar-refractivity contribution is 7.25. The minimum atomic E-state index is 0.304. The van der Waals surface area contributed by atoms with Crippen molar-refractivity contribution in [2.75, 3.05) is 69.5 Å². The molecule has 2 aromatic heterocycles. The quantitative estimate of drug-likeness (QED) is 0.155. The van der Waals surface area contributed by atoms with Crippen molar-refractivity contribution in [3.05, 3.63) is 245 Å². The van der Waals surface area contributed by atoms with E-state index >= 15 is 0 Å². The highest BCUT2D eigenvalue weighted by atomic mass is 32.1. The maximum atomic E-state index is 7.02. The summed E-state index contributed by atoms with van der Waals surface area (Å²) < 4.78 is 2.73. The number of thiophene rings is 1. The first-order valence-corrected chi connectivity index (χ1v) is 32.2. The van der Waals surface area contributed by atoms with Crippen molar-refractivity contribution >= 4 is 88.4 Å². The molecule has 5 atom stereocenters. The first kappa shape index (κ1) is 63.6. The zero-order valence-electron chi connectivity index (χ0n) is 56.1. The van der Waals surface area contributed by atoms with Crippen molar-refractivity contribution in [2.24, 2.45) is 0 Å². The van der Waals surface area contributed by atoms with E-state index in [9.17, 15) is 0 Å². The van der Waals surface area contributed by atoms with Gasteiger partial charge in [0.25, 0.3) is 0 Å². The summed E-state index contributed by atoms with van der Waals surface area (Å²) >= 11 is 1.89. The second-order valence-corrected chi connectivity index (χ2v) is 25.6. The highest BCUT2D eigenvalue weighted by Gasteiger charge is 2.34. The average Bonchev–Trinajstić information content (AvgIpc) is 1.64. The topological polar surface area (TPSA) is 49.7 Å². The molecule has 7 aromatic carbocycles. The Hall–Kier alpha value is -9.38. The van der Waals surface area contributed by atoms with Gasteiger partial charge in [0.2, 0.25) is 0 Å². The summed E-state index contributed by atoms with van der Waals surface area (Å²) in [5.74, 6) is 0. The molecule has 5 aliphatic heterocycles. The van der Waals surface area contributed by atoms with Crippen molar-refractivity contribution in [3.8, 4) is 0 Å². The maximum absolute atomic E-state index is 7.02. The summed E-state index contributed by atoms with van der Waals surface area (Å²) in [6, 6.07) is 55.7. The molecular weight excluding hydrogens is 1120 g/mol. The van der Waals surface area contributed by atoms with E-state index in [2.05, 4.69) is 342 Å². The number of aryl methyl sites for hydroxylation is 5. The second kappa shape index (κ2) is 26.8. The van der Waals surface area contributed by atoms with Crippen LogP contribution in [0.4, 0.5) is 56.9 Å². The third-order valence-corrected chi connectivity index (χ3v) is 20.2. The van der Waals surface area contributed by atoms with Gasteiger partial charge < -0.3 is 49.0 Å². The minimum absolute atomic E-state index is 0.304. The van der Waals surface area contributed by atoms with Gasteiger partial charge in [0.15, 0.2) is 5.69 Å². The Morgan fingerprint density at radius 1 is 0.356 bits per heavy atom.